The zero-order valence-electron chi connectivity index (χ0n) is 16.2. The second kappa shape index (κ2) is 7.90. The van der Waals surface area contributed by atoms with Crippen molar-refractivity contribution >= 4 is 34.5 Å². The van der Waals surface area contributed by atoms with Crippen molar-refractivity contribution in [2.24, 2.45) is 4.99 Å². The van der Waals surface area contributed by atoms with Crippen molar-refractivity contribution in [3.63, 3.8) is 0 Å². The highest BCUT2D eigenvalue weighted by atomic mass is 35.5. The highest BCUT2D eigenvalue weighted by molar-refractivity contribution is 6.31. The second-order valence-corrected chi connectivity index (χ2v) is 7.83. The maximum absolute atomic E-state index is 6.37. The topological polar surface area (TPSA) is 30.9 Å². The van der Waals surface area contributed by atoms with Crippen molar-refractivity contribution in [1.82, 2.24) is 10.2 Å². The molecule has 1 saturated heterocycles. The van der Waals surface area contributed by atoms with E-state index in [1.807, 2.05) is 12.1 Å². The van der Waals surface area contributed by atoms with Crippen LogP contribution in [-0.2, 0) is 6.54 Å². The molecule has 146 valence electrons. The highest BCUT2D eigenvalue weighted by Gasteiger charge is 2.26. The molecule has 1 N–H and O–H groups in total. The normalized spacial score (nSPS) is 16.0. The minimum absolute atomic E-state index is 0.706. The van der Waals surface area contributed by atoms with E-state index in [1.165, 1.54) is 11.3 Å². The summed E-state index contributed by atoms with van der Waals surface area (Å²) in [4.78, 5) is 9.88. The molecule has 0 radical (unpaired) electrons. The second-order valence-electron chi connectivity index (χ2n) is 7.39. The number of fused-ring (bicyclic) bond motifs is 2. The molecule has 2 aliphatic rings. The number of nitrogens with one attached hydrogen (secondary N) is 1. The molecule has 0 spiro atoms. The molecular formula is C24H23ClN4. The summed E-state index contributed by atoms with van der Waals surface area (Å²) in [5.74, 6) is 1.03. The number of hydrogen-bond donors (Lipinski definition) is 1. The molecule has 1 fully saturated rings. The molecule has 2 heterocycles. The summed E-state index contributed by atoms with van der Waals surface area (Å²) in [6.45, 7) is 4.61. The fraction of sp³-hybridized carbons (Fsp3) is 0.208. The van der Waals surface area contributed by atoms with Crippen molar-refractivity contribution in [3.8, 4) is 0 Å². The molecule has 0 bridgehead atoms. The first-order valence-electron chi connectivity index (χ1n) is 10.0. The lowest BCUT2D eigenvalue weighted by molar-refractivity contribution is 0.358. The number of halogens is 1. The van der Waals surface area contributed by atoms with Crippen molar-refractivity contribution in [3.05, 3.63) is 88.9 Å². The summed E-state index contributed by atoms with van der Waals surface area (Å²) >= 11 is 6.37. The number of rotatable bonds is 2. The minimum Gasteiger partial charge on any atom is -0.353 e. The van der Waals surface area contributed by atoms with Crippen LogP contribution in [-0.4, -0.2) is 36.9 Å². The highest BCUT2D eigenvalue weighted by Crippen LogP contribution is 2.42. The Morgan fingerprint density at radius 3 is 2.45 bits per heavy atom. The third-order valence-corrected chi connectivity index (χ3v) is 5.73. The van der Waals surface area contributed by atoms with Crippen LogP contribution in [0.5, 0.6) is 0 Å². The van der Waals surface area contributed by atoms with E-state index in [0.717, 1.165) is 55.5 Å². The fourth-order valence-corrected chi connectivity index (χ4v) is 4.24. The third kappa shape index (κ3) is 3.61. The van der Waals surface area contributed by atoms with Crippen molar-refractivity contribution in [1.29, 1.82) is 0 Å². The van der Waals surface area contributed by atoms with Crippen LogP contribution < -0.4 is 10.2 Å². The van der Waals surface area contributed by atoms with Gasteiger partial charge in [-0.2, -0.15) is 0 Å². The predicted octanol–water partition coefficient (Wildman–Crippen LogP) is 4.98. The van der Waals surface area contributed by atoms with Gasteiger partial charge in [-0.25, -0.2) is 4.99 Å². The lowest BCUT2D eigenvalue weighted by Gasteiger charge is -2.31. The summed E-state index contributed by atoms with van der Waals surface area (Å²) in [5, 5.41) is 4.14. The van der Waals surface area contributed by atoms with Gasteiger partial charge in [-0.05, 0) is 35.9 Å². The van der Waals surface area contributed by atoms with Crippen LogP contribution in [0, 0.1) is 0 Å². The lowest BCUT2D eigenvalue weighted by Crippen LogP contribution is -2.46. The van der Waals surface area contributed by atoms with E-state index >= 15 is 0 Å². The zero-order valence-corrected chi connectivity index (χ0v) is 16.9. The first kappa shape index (κ1) is 18.2. The average Bonchev–Trinajstić information content (AvgIpc) is 2.90. The summed E-state index contributed by atoms with van der Waals surface area (Å²) < 4.78 is 0. The Morgan fingerprint density at radius 2 is 1.62 bits per heavy atom. The monoisotopic (exact) mass is 402 g/mol. The number of nitrogens with zero attached hydrogens (tertiary/aromatic N) is 3. The molecule has 3 aromatic rings. The Kier molecular flexibility index (Phi) is 4.96. The standard InChI is InChI=1S/C24H23ClN4/c25-19-10-11-23-21(16-19)27-24(28-14-12-26-13-15-28)20-8-4-5-9-22(20)29(23)17-18-6-2-1-3-7-18/h1-11,16,26H,12-15,17H2. The number of hydrogen-bond acceptors (Lipinski definition) is 4. The van der Waals surface area contributed by atoms with Crippen molar-refractivity contribution in [2.75, 3.05) is 31.1 Å². The Morgan fingerprint density at radius 1 is 0.862 bits per heavy atom. The molecule has 0 saturated carbocycles. The van der Waals surface area contributed by atoms with E-state index in [2.05, 4.69) is 75.8 Å². The molecule has 0 atom stereocenters. The van der Waals surface area contributed by atoms with Crippen LogP contribution in [0.4, 0.5) is 17.1 Å². The van der Waals surface area contributed by atoms with E-state index in [1.54, 1.807) is 0 Å². The molecule has 0 amide bonds. The maximum Gasteiger partial charge on any atom is 0.138 e. The van der Waals surface area contributed by atoms with Crippen LogP contribution in [0.15, 0.2) is 77.8 Å². The van der Waals surface area contributed by atoms with Gasteiger partial charge in [-0.15, -0.1) is 0 Å². The first-order chi connectivity index (χ1) is 14.3. The van der Waals surface area contributed by atoms with Crippen molar-refractivity contribution in [2.45, 2.75) is 6.54 Å². The SMILES string of the molecule is Clc1ccc2c(c1)N=C(N1CCNCC1)c1ccccc1N2Cc1ccccc1. The Labute approximate surface area is 176 Å². The maximum atomic E-state index is 6.37. The van der Waals surface area contributed by atoms with E-state index < -0.39 is 0 Å². The molecule has 4 nitrogen and oxygen atoms in total. The molecule has 0 aliphatic carbocycles. The van der Waals surface area contributed by atoms with Gasteiger partial charge in [0.25, 0.3) is 0 Å². The zero-order chi connectivity index (χ0) is 19.6. The first-order valence-corrected chi connectivity index (χ1v) is 10.4. The van der Waals surface area contributed by atoms with Gasteiger partial charge in [-0.1, -0.05) is 54.1 Å². The van der Waals surface area contributed by atoms with Gasteiger partial charge in [0, 0.05) is 43.3 Å². The van der Waals surface area contributed by atoms with Crippen LogP contribution in [0.1, 0.15) is 11.1 Å². The Balaban J connectivity index is 1.68. The number of aliphatic imine (C=N–C) groups is 1. The van der Waals surface area contributed by atoms with Crippen LogP contribution in [0.2, 0.25) is 5.02 Å². The molecule has 3 aromatic carbocycles. The summed E-state index contributed by atoms with van der Waals surface area (Å²) in [6, 6.07) is 25.2. The van der Waals surface area contributed by atoms with Crippen LogP contribution >= 0.6 is 11.6 Å². The molecular weight excluding hydrogens is 380 g/mol. The average molecular weight is 403 g/mol. The fourth-order valence-electron chi connectivity index (χ4n) is 4.07. The smallest absolute Gasteiger partial charge is 0.138 e. The van der Waals surface area contributed by atoms with Gasteiger partial charge < -0.3 is 15.1 Å². The van der Waals surface area contributed by atoms with E-state index in [0.29, 0.717) is 5.02 Å². The number of para-hydroxylation sites is 1. The van der Waals surface area contributed by atoms with Gasteiger partial charge in [0.05, 0.1) is 17.1 Å². The Hall–Kier alpha value is -2.82. The number of amidine groups is 1. The van der Waals surface area contributed by atoms with Crippen LogP contribution in [0.3, 0.4) is 0 Å². The molecule has 0 unspecified atom stereocenters. The third-order valence-electron chi connectivity index (χ3n) is 5.49. The molecule has 29 heavy (non-hydrogen) atoms. The molecule has 0 aromatic heterocycles. The minimum atomic E-state index is 0.706. The Bertz CT molecular complexity index is 1040. The van der Waals surface area contributed by atoms with Gasteiger partial charge in [0.15, 0.2) is 0 Å². The predicted molar refractivity (Wildman–Crippen MR) is 121 cm³/mol. The number of piperazine rings is 1. The van der Waals surface area contributed by atoms with Gasteiger partial charge in [0.2, 0.25) is 0 Å². The van der Waals surface area contributed by atoms with Gasteiger partial charge in [0.1, 0.15) is 5.84 Å². The van der Waals surface area contributed by atoms with Crippen LogP contribution in [0.25, 0.3) is 0 Å². The number of benzene rings is 3. The van der Waals surface area contributed by atoms with Gasteiger partial charge >= 0.3 is 0 Å². The van der Waals surface area contributed by atoms with Gasteiger partial charge in [-0.3, -0.25) is 0 Å². The lowest BCUT2D eigenvalue weighted by atomic mass is 10.1. The molecule has 5 heteroatoms. The van der Waals surface area contributed by atoms with E-state index in [9.17, 15) is 0 Å². The molecule has 5 rings (SSSR count). The van der Waals surface area contributed by atoms with Crippen molar-refractivity contribution < 1.29 is 0 Å². The number of anilines is 2. The summed E-state index contributed by atoms with van der Waals surface area (Å²) in [6.07, 6.45) is 0. The molecule has 2 aliphatic heterocycles. The largest absolute Gasteiger partial charge is 0.353 e. The summed E-state index contributed by atoms with van der Waals surface area (Å²) in [5.41, 5.74) is 5.59. The van der Waals surface area contributed by atoms with E-state index in [4.69, 9.17) is 16.6 Å². The summed E-state index contributed by atoms with van der Waals surface area (Å²) in [7, 11) is 0. The van der Waals surface area contributed by atoms with E-state index in [-0.39, 0.29) is 0 Å². The quantitative estimate of drug-likeness (QED) is 0.656.